The van der Waals surface area contributed by atoms with E-state index >= 15 is 0 Å². The second kappa shape index (κ2) is 15.2. The molecule has 1 heterocycles. The van der Waals surface area contributed by atoms with E-state index in [0.29, 0.717) is 46.5 Å². The van der Waals surface area contributed by atoms with E-state index in [-0.39, 0.29) is 24.0 Å². The monoisotopic (exact) mass is 579 g/mol. The lowest BCUT2D eigenvalue weighted by molar-refractivity contribution is -0.384. The molecule has 0 unspecified atom stereocenters. The second-order valence-electron chi connectivity index (χ2n) is 8.52. The van der Waals surface area contributed by atoms with E-state index in [2.05, 4.69) is 4.90 Å². The molecule has 1 aromatic heterocycles. The Morgan fingerprint density at radius 1 is 0.872 bits per heavy atom. The number of halogens is 1. The molecular formula is C27H34ClN3O7S. The van der Waals surface area contributed by atoms with Crippen LogP contribution >= 0.6 is 23.7 Å². The van der Waals surface area contributed by atoms with Gasteiger partial charge in [0.1, 0.15) is 0 Å². The van der Waals surface area contributed by atoms with Gasteiger partial charge < -0.3 is 28.7 Å². The molecule has 10 nitrogen and oxygen atoms in total. The molecule has 0 saturated carbocycles. The Labute approximate surface area is 238 Å². The Morgan fingerprint density at radius 3 is 2.08 bits per heavy atom. The molecule has 0 bridgehead atoms. The fourth-order valence-electron chi connectivity index (χ4n) is 3.97. The third-order valence-corrected chi connectivity index (χ3v) is 6.99. The first-order valence-electron chi connectivity index (χ1n) is 12.0. The van der Waals surface area contributed by atoms with E-state index in [4.69, 9.17) is 18.9 Å². The van der Waals surface area contributed by atoms with Gasteiger partial charge in [-0.25, -0.2) is 0 Å². The minimum absolute atomic E-state index is 0. The van der Waals surface area contributed by atoms with E-state index in [0.717, 1.165) is 36.4 Å². The average molecular weight is 580 g/mol. The number of carbonyl (C=O) groups is 1. The molecule has 0 spiro atoms. The second-order valence-corrected chi connectivity index (χ2v) is 9.43. The number of thiophene rings is 1. The molecule has 0 aliphatic carbocycles. The van der Waals surface area contributed by atoms with Crippen molar-refractivity contribution in [3.63, 3.8) is 0 Å². The number of benzene rings is 2. The number of amides is 1. The fourth-order valence-corrected chi connectivity index (χ4v) is 4.78. The van der Waals surface area contributed by atoms with Gasteiger partial charge in [0.15, 0.2) is 23.0 Å². The summed E-state index contributed by atoms with van der Waals surface area (Å²) in [5, 5.41) is 12.5. The van der Waals surface area contributed by atoms with Gasteiger partial charge in [-0.1, -0.05) is 6.07 Å². The number of ether oxygens (including phenoxy) is 4. The van der Waals surface area contributed by atoms with Crippen LogP contribution in [0.2, 0.25) is 0 Å². The summed E-state index contributed by atoms with van der Waals surface area (Å²) in [5.74, 6) is 2.13. The van der Waals surface area contributed by atoms with Gasteiger partial charge >= 0.3 is 0 Å². The van der Waals surface area contributed by atoms with Crippen LogP contribution in [0.15, 0.2) is 47.8 Å². The number of rotatable bonds is 14. The van der Waals surface area contributed by atoms with Crippen molar-refractivity contribution in [2.45, 2.75) is 12.8 Å². The van der Waals surface area contributed by atoms with E-state index in [1.54, 1.807) is 44.4 Å². The zero-order chi connectivity index (χ0) is 27.7. The Balaban J connectivity index is 0.00000533. The highest BCUT2D eigenvalue weighted by molar-refractivity contribution is 7.12. The number of nitrogens with zero attached hydrogens (tertiary/aromatic N) is 3. The predicted molar refractivity (Wildman–Crippen MR) is 155 cm³/mol. The van der Waals surface area contributed by atoms with Crippen LogP contribution in [0.1, 0.15) is 21.7 Å². The number of methoxy groups -OCH3 is 4. The lowest BCUT2D eigenvalue weighted by Crippen LogP contribution is -2.33. The van der Waals surface area contributed by atoms with Crippen molar-refractivity contribution in [1.82, 2.24) is 4.90 Å². The minimum Gasteiger partial charge on any atom is -0.493 e. The van der Waals surface area contributed by atoms with Crippen molar-refractivity contribution < 1.29 is 28.7 Å². The molecule has 0 N–H and O–H groups in total. The maximum absolute atomic E-state index is 13.4. The first-order valence-corrected chi connectivity index (χ1v) is 12.9. The van der Waals surface area contributed by atoms with Gasteiger partial charge in [0, 0.05) is 30.9 Å². The highest BCUT2D eigenvalue weighted by Gasteiger charge is 2.23. The summed E-state index contributed by atoms with van der Waals surface area (Å²) in [6.45, 7) is 1.98. The van der Waals surface area contributed by atoms with Gasteiger partial charge in [-0.3, -0.25) is 14.9 Å². The molecule has 0 aliphatic rings. The number of carbonyl (C=O) groups excluding carboxylic acids is 1. The van der Waals surface area contributed by atoms with Gasteiger partial charge in [0.25, 0.3) is 11.6 Å². The third kappa shape index (κ3) is 8.22. The van der Waals surface area contributed by atoms with E-state index in [1.807, 2.05) is 25.2 Å². The Bertz CT molecular complexity index is 1250. The lowest BCUT2D eigenvalue weighted by Gasteiger charge is -2.25. The van der Waals surface area contributed by atoms with E-state index in [1.165, 1.54) is 18.6 Å². The number of likely N-dealkylation sites (N-methyl/N-ethyl adjacent to an activating group) is 1. The fraction of sp³-hybridized carbons (Fsp3) is 0.370. The first-order chi connectivity index (χ1) is 18.3. The maximum atomic E-state index is 13.4. The molecule has 0 saturated heterocycles. The Morgan fingerprint density at radius 2 is 1.49 bits per heavy atom. The van der Waals surface area contributed by atoms with E-state index < -0.39 is 4.92 Å². The molecule has 0 aliphatic heterocycles. The summed E-state index contributed by atoms with van der Waals surface area (Å²) in [5.41, 5.74) is 1.66. The van der Waals surface area contributed by atoms with Crippen LogP contribution in [-0.2, 0) is 6.42 Å². The van der Waals surface area contributed by atoms with Crippen LogP contribution in [0, 0.1) is 10.1 Å². The van der Waals surface area contributed by atoms with Gasteiger partial charge in [-0.05, 0) is 56.3 Å². The van der Waals surface area contributed by atoms with Crippen LogP contribution in [0.25, 0.3) is 0 Å². The zero-order valence-electron chi connectivity index (χ0n) is 22.7. The quantitative estimate of drug-likeness (QED) is 0.187. The van der Waals surface area contributed by atoms with Gasteiger partial charge in [-0.2, -0.15) is 0 Å². The molecule has 3 rings (SSSR count). The van der Waals surface area contributed by atoms with Crippen molar-refractivity contribution in [2.75, 3.05) is 60.0 Å². The van der Waals surface area contributed by atoms with Crippen LogP contribution in [0.5, 0.6) is 23.0 Å². The van der Waals surface area contributed by atoms with Crippen molar-refractivity contribution in [3.8, 4) is 23.0 Å². The molecule has 1 amide bonds. The normalized spacial score (nSPS) is 10.5. The number of hydrogen-bond donors (Lipinski definition) is 0. The SMILES string of the molecule is COc1ccc(CCN(C)CCCN(C(=O)c2cc([N+](=O)[O-])cs2)c2ccc(OC)c(OC)c2)cc1OC.Cl. The van der Waals surface area contributed by atoms with Crippen molar-refractivity contribution >= 4 is 41.0 Å². The molecule has 0 atom stereocenters. The topological polar surface area (TPSA) is 104 Å². The first kappa shape index (κ1) is 31.7. The summed E-state index contributed by atoms with van der Waals surface area (Å²) in [6, 6.07) is 12.5. The molecule has 39 heavy (non-hydrogen) atoms. The van der Waals surface area contributed by atoms with Crippen LogP contribution in [-0.4, -0.2) is 70.9 Å². The van der Waals surface area contributed by atoms with Crippen LogP contribution in [0.4, 0.5) is 11.4 Å². The smallest absolute Gasteiger partial charge is 0.280 e. The standard InChI is InChI=1S/C27H33N3O7S.ClH/c1-28(14-11-19-7-9-22(34-2)24(15-19)36-4)12-6-13-29(20-8-10-23(35-3)25(16-20)37-5)27(31)26-17-21(18-38-26)30(32)33;/h7-10,15-18H,6,11-14H2,1-5H3;1H. The number of anilines is 1. The molecule has 3 aromatic rings. The highest BCUT2D eigenvalue weighted by Crippen LogP contribution is 2.33. The molecular weight excluding hydrogens is 546 g/mol. The van der Waals surface area contributed by atoms with E-state index in [9.17, 15) is 14.9 Å². The third-order valence-electron chi connectivity index (χ3n) is 6.08. The lowest BCUT2D eigenvalue weighted by atomic mass is 10.1. The Kier molecular flexibility index (Phi) is 12.3. The molecule has 0 fully saturated rings. The highest BCUT2D eigenvalue weighted by atomic mass is 35.5. The number of nitro groups is 1. The summed E-state index contributed by atoms with van der Waals surface area (Å²) in [6.07, 6.45) is 1.52. The minimum atomic E-state index is -0.499. The summed E-state index contributed by atoms with van der Waals surface area (Å²) < 4.78 is 21.4. The van der Waals surface area contributed by atoms with Gasteiger partial charge in [-0.15, -0.1) is 23.7 Å². The molecule has 2 aromatic carbocycles. The van der Waals surface area contributed by atoms with Crippen molar-refractivity contribution in [3.05, 3.63) is 68.4 Å². The van der Waals surface area contributed by atoms with Crippen LogP contribution in [0.3, 0.4) is 0 Å². The Hall–Kier alpha value is -3.54. The van der Waals surface area contributed by atoms with Gasteiger partial charge in [0.2, 0.25) is 0 Å². The van der Waals surface area contributed by atoms with Crippen LogP contribution < -0.4 is 23.8 Å². The maximum Gasteiger partial charge on any atom is 0.280 e. The largest absolute Gasteiger partial charge is 0.493 e. The van der Waals surface area contributed by atoms with Crippen molar-refractivity contribution in [1.29, 1.82) is 0 Å². The zero-order valence-corrected chi connectivity index (χ0v) is 24.3. The summed E-state index contributed by atoms with van der Waals surface area (Å²) >= 11 is 1.06. The predicted octanol–water partition coefficient (Wildman–Crippen LogP) is 5.32. The molecule has 0 radical (unpaired) electrons. The van der Waals surface area contributed by atoms with Gasteiger partial charge in [0.05, 0.1) is 43.6 Å². The summed E-state index contributed by atoms with van der Waals surface area (Å²) in [7, 11) is 8.34. The average Bonchev–Trinajstić information content (AvgIpc) is 3.44. The summed E-state index contributed by atoms with van der Waals surface area (Å²) in [4.78, 5) is 28.2. The molecule has 12 heteroatoms. The van der Waals surface area contributed by atoms with Crippen molar-refractivity contribution in [2.24, 2.45) is 0 Å². The number of hydrogen-bond acceptors (Lipinski definition) is 9. The molecule has 212 valence electrons.